The Bertz CT molecular complexity index is 1530. The molecule has 0 spiro atoms. The molecule has 5 rings (SSSR count). The van der Waals surface area contributed by atoms with Crippen molar-refractivity contribution in [1.29, 1.82) is 5.26 Å². The summed E-state index contributed by atoms with van der Waals surface area (Å²) in [7, 11) is 0. The maximum atomic E-state index is 12.7. The van der Waals surface area contributed by atoms with Crippen molar-refractivity contribution in [2.75, 3.05) is 5.32 Å². The lowest BCUT2D eigenvalue weighted by atomic mass is 10.2. The van der Waals surface area contributed by atoms with Gasteiger partial charge in [-0.2, -0.15) is 15.5 Å². The second-order valence-corrected chi connectivity index (χ2v) is 7.99. The average molecular weight is 463 g/mol. The molecule has 35 heavy (non-hydrogen) atoms. The summed E-state index contributed by atoms with van der Waals surface area (Å²) in [6, 6.07) is 23.3. The third kappa shape index (κ3) is 4.75. The zero-order chi connectivity index (χ0) is 24.2. The number of rotatable bonds is 7. The molecule has 0 fully saturated rings. The van der Waals surface area contributed by atoms with E-state index in [0.717, 1.165) is 27.9 Å². The fourth-order valence-electron chi connectivity index (χ4n) is 3.82. The number of benzene rings is 2. The molecule has 3 aromatic heterocycles. The number of aromatic nitrogens is 4. The van der Waals surface area contributed by atoms with Crippen molar-refractivity contribution >= 4 is 28.8 Å². The number of furan rings is 1. The number of aryl methyl sites for hydroxylation is 2. The van der Waals surface area contributed by atoms with Crippen LogP contribution in [-0.4, -0.2) is 25.5 Å². The maximum absolute atomic E-state index is 12.7. The van der Waals surface area contributed by atoms with Crippen LogP contribution in [0.1, 0.15) is 17.7 Å². The molecule has 8 heteroatoms. The molecule has 0 radical (unpaired) electrons. The number of amides is 1. The van der Waals surface area contributed by atoms with Crippen LogP contribution in [0.15, 0.2) is 83.4 Å². The van der Waals surface area contributed by atoms with Gasteiger partial charge in [0.15, 0.2) is 5.76 Å². The highest BCUT2D eigenvalue weighted by atomic mass is 16.3. The Labute approximate surface area is 201 Å². The minimum absolute atomic E-state index is 0.305. The van der Waals surface area contributed by atoms with Gasteiger partial charge in [0.25, 0.3) is 0 Å². The topological polar surface area (TPSA) is 102 Å². The SMILES string of the molecule is Cc1cc(NC(=O)/C=C/c2cn(-c3ccccc3)nc2-c2cc3ccccc3o2)n(CCC#N)n1. The molecule has 0 aliphatic heterocycles. The molecule has 172 valence electrons. The predicted octanol–water partition coefficient (Wildman–Crippen LogP) is 5.36. The molecule has 0 aliphatic rings. The van der Waals surface area contributed by atoms with Crippen molar-refractivity contribution in [3.8, 4) is 23.2 Å². The van der Waals surface area contributed by atoms with Crippen molar-refractivity contribution in [3.63, 3.8) is 0 Å². The summed E-state index contributed by atoms with van der Waals surface area (Å²) in [5.41, 5.74) is 3.79. The molecule has 0 unspecified atom stereocenters. The molecule has 1 N–H and O–H groups in total. The number of nitrogens with one attached hydrogen (secondary N) is 1. The zero-order valence-electron chi connectivity index (χ0n) is 19.0. The second-order valence-electron chi connectivity index (χ2n) is 7.99. The van der Waals surface area contributed by atoms with E-state index in [1.165, 1.54) is 6.08 Å². The number of nitrogens with zero attached hydrogens (tertiary/aromatic N) is 5. The Kier molecular flexibility index (Phi) is 5.97. The van der Waals surface area contributed by atoms with E-state index in [9.17, 15) is 4.79 Å². The van der Waals surface area contributed by atoms with E-state index < -0.39 is 0 Å². The number of carbonyl (C=O) groups excluding carboxylic acids is 1. The molecular formula is C27H22N6O2. The van der Waals surface area contributed by atoms with Crippen molar-refractivity contribution in [2.45, 2.75) is 19.9 Å². The third-order valence-corrected chi connectivity index (χ3v) is 5.43. The lowest BCUT2D eigenvalue weighted by Crippen LogP contribution is -2.13. The first-order chi connectivity index (χ1) is 17.1. The first kappa shape index (κ1) is 21.9. The number of hydrogen-bond acceptors (Lipinski definition) is 5. The van der Waals surface area contributed by atoms with Gasteiger partial charge >= 0.3 is 0 Å². The van der Waals surface area contributed by atoms with E-state index in [4.69, 9.17) is 14.8 Å². The van der Waals surface area contributed by atoms with Gasteiger partial charge in [0.1, 0.15) is 17.1 Å². The highest BCUT2D eigenvalue weighted by Crippen LogP contribution is 2.30. The summed E-state index contributed by atoms with van der Waals surface area (Å²) < 4.78 is 9.44. The van der Waals surface area contributed by atoms with E-state index in [1.54, 1.807) is 21.5 Å². The summed E-state index contributed by atoms with van der Waals surface area (Å²) >= 11 is 0. The van der Waals surface area contributed by atoms with Crippen molar-refractivity contribution in [2.24, 2.45) is 0 Å². The molecular weight excluding hydrogens is 440 g/mol. The molecule has 1 amide bonds. The van der Waals surface area contributed by atoms with Gasteiger partial charge in [-0.25, -0.2) is 9.36 Å². The van der Waals surface area contributed by atoms with Crippen LogP contribution in [0.4, 0.5) is 5.82 Å². The molecule has 8 nitrogen and oxygen atoms in total. The Morgan fingerprint density at radius 3 is 2.71 bits per heavy atom. The van der Waals surface area contributed by atoms with Crippen LogP contribution in [-0.2, 0) is 11.3 Å². The van der Waals surface area contributed by atoms with Gasteiger partial charge in [0, 0.05) is 29.3 Å². The van der Waals surface area contributed by atoms with E-state index in [-0.39, 0.29) is 5.91 Å². The molecule has 3 heterocycles. The minimum Gasteiger partial charge on any atom is -0.454 e. The monoisotopic (exact) mass is 462 g/mol. The zero-order valence-corrected chi connectivity index (χ0v) is 19.0. The summed E-state index contributed by atoms with van der Waals surface area (Å²) in [5.74, 6) is 0.849. The van der Waals surface area contributed by atoms with E-state index in [2.05, 4.69) is 16.5 Å². The van der Waals surface area contributed by atoms with Gasteiger partial charge < -0.3 is 9.73 Å². The highest BCUT2D eigenvalue weighted by molar-refractivity contribution is 6.02. The van der Waals surface area contributed by atoms with Crippen LogP contribution in [0.3, 0.4) is 0 Å². The highest BCUT2D eigenvalue weighted by Gasteiger charge is 2.15. The molecule has 0 aliphatic carbocycles. The predicted molar refractivity (Wildman–Crippen MR) is 134 cm³/mol. The van der Waals surface area contributed by atoms with Crippen molar-refractivity contribution in [3.05, 3.63) is 90.3 Å². The second kappa shape index (κ2) is 9.53. The first-order valence-electron chi connectivity index (χ1n) is 11.2. The summed E-state index contributed by atoms with van der Waals surface area (Å²) in [6.07, 6.45) is 5.34. The van der Waals surface area contributed by atoms with Crippen LogP contribution in [0.25, 0.3) is 34.2 Å². The Morgan fingerprint density at radius 1 is 1.11 bits per heavy atom. The fraction of sp³-hybridized carbons (Fsp3) is 0.111. The molecule has 2 aromatic carbocycles. The molecule has 0 saturated carbocycles. The number of hydrogen-bond donors (Lipinski definition) is 1. The Hall–Kier alpha value is -4.90. The minimum atomic E-state index is -0.314. The largest absolute Gasteiger partial charge is 0.454 e. The Balaban J connectivity index is 1.46. The molecule has 5 aromatic rings. The van der Waals surface area contributed by atoms with Gasteiger partial charge in [-0.15, -0.1) is 0 Å². The number of carbonyl (C=O) groups is 1. The summed E-state index contributed by atoms with van der Waals surface area (Å²) in [6.45, 7) is 2.25. The standard InChI is InChI=1S/C27H22N6O2/c1-19-16-25(32(30-19)15-7-14-28)29-26(34)13-12-21-18-33(22-9-3-2-4-10-22)31-27(21)24-17-20-8-5-6-11-23(20)35-24/h2-6,8-13,16-18H,7,15H2,1H3,(H,29,34)/b13-12+. The number of anilines is 1. The van der Waals surface area contributed by atoms with E-state index in [0.29, 0.717) is 30.2 Å². The van der Waals surface area contributed by atoms with Crippen LogP contribution in [0.5, 0.6) is 0 Å². The van der Waals surface area contributed by atoms with Gasteiger partial charge in [-0.1, -0.05) is 36.4 Å². The van der Waals surface area contributed by atoms with E-state index >= 15 is 0 Å². The lowest BCUT2D eigenvalue weighted by molar-refractivity contribution is -0.111. The Morgan fingerprint density at radius 2 is 1.91 bits per heavy atom. The first-order valence-corrected chi connectivity index (χ1v) is 11.2. The number of nitriles is 1. The van der Waals surface area contributed by atoms with Gasteiger partial charge in [0.2, 0.25) is 5.91 Å². The van der Waals surface area contributed by atoms with Crippen LogP contribution < -0.4 is 5.32 Å². The van der Waals surface area contributed by atoms with Crippen LogP contribution >= 0.6 is 0 Å². The normalized spacial score (nSPS) is 11.2. The third-order valence-electron chi connectivity index (χ3n) is 5.43. The van der Waals surface area contributed by atoms with Gasteiger partial charge in [-0.05, 0) is 37.3 Å². The smallest absolute Gasteiger partial charge is 0.249 e. The summed E-state index contributed by atoms with van der Waals surface area (Å²) in [5, 5.41) is 21.8. The van der Waals surface area contributed by atoms with Gasteiger partial charge in [0.05, 0.1) is 30.4 Å². The average Bonchev–Trinajstić information content (AvgIpc) is 3.58. The molecule has 0 saturated heterocycles. The quantitative estimate of drug-likeness (QED) is 0.328. The van der Waals surface area contributed by atoms with E-state index in [1.807, 2.05) is 73.8 Å². The number of para-hydroxylation sites is 2. The van der Waals surface area contributed by atoms with Crippen molar-refractivity contribution in [1.82, 2.24) is 19.6 Å². The van der Waals surface area contributed by atoms with Crippen LogP contribution in [0, 0.1) is 18.3 Å². The van der Waals surface area contributed by atoms with Crippen molar-refractivity contribution < 1.29 is 9.21 Å². The number of fused-ring (bicyclic) bond motifs is 1. The van der Waals surface area contributed by atoms with Crippen LogP contribution in [0.2, 0.25) is 0 Å². The van der Waals surface area contributed by atoms with Gasteiger partial charge in [-0.3, -0.25) is 4.79 Å². The maximum Gasteiger partial charge on any atom is 0.249 e. The lowest BCUT2D eigenvalue weighted by Gasteiger charge is -2.05. The molecule has 0 bridgehead atoms. The fourth-order valence-corrected chi connectivity index (χ4v) is 3.82. The molecule has 0 atom stereocenters. The summed E-state index contributed by atoms with van der Waals surface area (Å²) in [4.78, 5) is 12.7.